The summed E-state index contributed by atoms with van der Waals surface area (Å²) < 4.78 is 11.8. The number of nitrogens with two attached hydrogens (primary N) is 1. The lowest BCUT2D eigenvalue weighted by Gasteiger charge is -2.14. The van der Waals surface area contributed by atoms with E-state index in [2.05, 4.69) is 32.0 Å². The van der Waals surface area contributed by atoms with Gasteiger partial charge in [-0.05, 0) is 59.9 Å². The molecule has 0 aliphatic heterocycles. The van der Waals surface area contributed by atoms with Crippen molar-refractivity contribution < 1.29 is 9.47 Å². The second kappa shape index (κ2) is 9.78. The Morgan fingerprint density at radius 3 is 2.31 bits per heavy atom. The van der Waals surface area contributed by atoms with Gasteiger partial charge in [-0.3, -0.25) is 5.41 Å². The lowest BCUT2D eigenvalue weighted by molar-refractivity contribution is 0.216. The predicted octanol–water partition coefficient (Wildman–Crippen LogP) is 5.36. The number of amidine groups is 1. The van der Waals surface area contributed by atoms with Gasteiger partial charge in [0.15, 0.2) is 0 Å². The number of nitrogens with one attached hydrogen (secondary N) is 1. The summed E-state index contributed by atoms with van der Waals surface area (Å²) in [6.07, 6.45) is 2.00. The van der Waals surface area contributed by atoms with Gasteiger partial charge < -0.3 is 15.2 Å². The van der Waals surface area contributed by atoms with Crippen molar-refractivity contribution in [2.75, 3.05) is 13.2 Å². The number of hydrogen-bond donors (Lipinski definition) is 2. The Kier molecular flexibility index (Phi) is 6.90. The Morgan fingerprint density at radius 1 is 0.897 bits per heavy atom. The molecule has 0 heterocycles. The van der Waals surface area contributed by atoms with Crippen LogP contribution in [0.15, 0.2) is 66.7 Å². The Bertz CT molecular complexity index is 965. The van der Waals surface area contributed by atoms with Crippen LogP contribution in [-0.2, 0) is 6.42 Å². The molecule has 3 aromatic rings. The maximum atomic E-state index is 7.52. The van der Waals surface area contributed by atoms with Crippen LogP contribution in [0.25, 0.3) is 11.1 Å². The zero-order valence-electron chi connectivity index (χ0n) is 17.1. The van der Waals surface area contributed by atoms with E-state index < -0.39 is 0 Å². The van der Waals surface area contributed by atoms with Crippen LogP contribution in [0.5, 0.6) is 11.5 Å². The predicted molar refractivity (Wildman–Crippen MR) is 119 cm³/mol. The van der Waals surface area contributed by atoms with Crippen LogP contribution in [0.4, 0.5) is 0 Å². The van der Waals surface area contributed by atoms with E-state index in [-0.39, 0.29) is 5.84 Å². The third-order valence-electron chi connectivity index (χ3n) is 4.71. The Balaban J connectivity index is 1.66. The standard InChI is InChI=1S/C25H28N2O2/c1-3-5-22-17-21(19-8-10-20(11-9-19)25(26)27)12-13-24(22)29-15-14-28-23-7-4-6-18(2)16-23/h4,6-13,16-17H,3,5,14-15H2,1-2H3,(H3,26,27). The van der Waals surface area contributed by atoms with Crippen molar-refractivity contribution in [2.45, 2.75) is 26.7 Å². The lowest BCUT2D eigenvalue weighted by Crippen LogP contribution is -2.10. The van der Waals surface area contributed by atoms with Crippen molar-refractivity contribution in [3.8, 4) is 22.6 Å². The molecule has 0 aliphatic carbocycles. The summed E-state index contributed by atoms with van der Waals surface area (Å²) in [4.78, 5) is 0. The van der Waals surface area contributed by atoms with Crippen molar-refractivity contribution >= 4 is 5.84 Å². The number of nitrogen functional groups attached to an aromatic ring is 1. The maximum Gasteiger partial charge on any atom is 0.122 e. The van der Waals surface area contributed by atoms with E-state index in [4.69, 9.17) is 20.6 Å². The van der Waals surface area contributed by atoms with E-state index in [9.17, 15) is 0 Å². The third kappa shape index (κ3) is 5.61. The summed E-state index contributed by atoms with van der Waals surface area (Å²) in [6, 6.07) is 22.1. The SMILES string of the molecule is CCCc1cc(-c2ccc(C(=N)N)cc2)ccc1OCCOc1cccc(C)c1. The normalized spacial score (nSPS) is 10.6. The zero-order valence-corrected chi connectivity index (χ0v) is 17.1. The first-order valence-corrected chi connectivity index (χ1v) is 9.97. The smallest absolute Gasteiger partial charge is 0.122 e. The fourth-order valence-electron chi connectivity index (χ4n) is 3.22. The Labute approximate surface area is 172 Å². The molecule has 3 rings (SSSR count). The molecule has 150 valence electrons. The molecule has 3 aromatic carbocycles. The van der Waals surface area contributed by atoms with E-state index in [0.29, 0.717) is 13.2 Å². The molecule has 0 unspecified atom stereocenters. The van der Waals surface area contributed by atoms with Crippen LogP contribution >= 0.6 is 0 Å². The summed E-state index contributed by atoms with van der Waals surface area (Å²) in [6.45, 7) is 5.22. The van der Waals surface area contributed by atoms with Gasteiger partial charge >= 0.3 is 0 Å². The summed E-state index contributed by atoms with van der Waals surface area (Å²) in [5.74, 6) is 1.86. The fraction of sp³-hybridized carbons (Fsp3) is 0.240. The second-order valence-electron chi connectivity index (χ2n) is 7.08. The van der Waals surface area contributed by atoms with Gasteiger partial charge in [0.25, 0.3) is 0 Å². The maximum absolute atomic E-state index is 7.52. The molecule has 0 saturated carbocycles. The molecule has 0 bridgehead atoms. The monoisotopic (exact) mass is 388 g/mol. The number of benzene rings is 3. The summed E-state index contributed by atoms with van der Waals surface area (Å²) in [5, 5.41) is 7.52. The van der Waals surface area contributed by atoms with Crippen LogP contribution in [0.1, 0.15) is 30.0 Å². The number of rotatable bonds is 9. The van der Waals surface area contributed by atoms with E-state index >= 15 is 0 Å². The molecule has 0 saturated heterocycles. The molecule has 0 atom stereocenters. The van der Waals surface area contributed by atoms with Gasteiger partial charge in [0.05, 0.1) is 0 Å². The molecule has 0 radical (unpaired) electrons. The number of hydrogen-bond acceptors (Lipinski definition) is 3. The average molecular weight is 389 g/mol. The minimum atomic E-state index is 0.0832. The largest absolute Gasteiger partial charge is 0.490 e. The first-order chi connectivity index (χ1) is 14.1. The van der Waals surface area contributed by atoms with Crippen LogP contribution in [-0.4, -0.2) is 19.0 Å². The third-order valence-corrected chi connectivity index (χ3v) is 4.71. The first kappa shape index (κ1) is 20.5. The van der Waals surface area contributed by atoms with Gasteiger partial charge in [-0.1, -0.05) is 55.8 Å². The van der Waals surface area contributed by atoms with Gasteiger partial charge in [-0.15, -0.1) is 0 Å². The molecule has 29 heavy (non-hydrogen) atoms. The van der Waals surface area contributed by atoms with E-state index in [1.807, 2.05) is 48.5 Å². The molecular weight excluding hydrogens is 360 g/mol. The molecular formula is C25H28N2O2. The van der Waals surface area contributed by atoms with Crippen molar-refractivity contribution in [3.05, 3.63) is 83.4 Å². The molecule has 0 spiro atoms. The summed E-state index contributed by atoms with van der Waals surface area (Å²) in [5.41, 5.74) is 10.9. The highest BCUT2D eigenvalue weighted by Gasteiger charge is 2.07. The number of ether oxygens (including phenoxy) is 2. The summed E-state index contributed by atoms with van der Waals surface area (Å²) >= 11 is 0. The van der Waals surface area contributed by atoms with Gasteiger partial charge in [0.1, 0.15) is 30.5 Å². The van der Waals surface area contributed by atoms with Gasteiger partial charge in [0, 0.05) is 5.56 Å². The number of aryl methyl sites for hydroxylation is 2. The van der Waals surface area contributed by atoms with Crippen LogP contribution < -0.4 is 15.2 Å². The lowest BCUT2D eigenvalue weighted by atomic mass is 9.99. The van der Waals surface area contributed by atoms with Crippen molar-refractivity contribution in [3.63, 3.8) is 0 Å². The quantitative estimate of drug-likeness (QED) is 0.295. The van der Waals surface area contributed by atoms with Gasteiger partial charge in [0.2, 0.25) is 0 Å². The second-order valence-corrected chi connectivity index (χ2v) is 7.08. The first-order valence-electron chi connectivity index (χ1n) is 9.97. The van der Waals surface area contributed by atoms with Gasteiger partial charge in [-0.25, -0.2) is 0 Å². The minimum absolute atomic E-state index is 0.0832. The average Bonchev–Trinajstić information content (AvgIpc) is 2.72. The van der Waals surface area contributed by atoms with Crippen molar-refractivity contribution in [2.24, 2.45) is 5.73 Å². The topological polar surface area (TPSA) is 68.3 Å². The zero-order chi connectivity index (χ0) is 20.6. The molecule has 0 aromatic heterocycles. The van der Waals surface area contributed by atoms with Gasteiger partial charge in [-0.2, -0.15) is 0 Å². The minimum Gasteiger partial charge on any atom is -0.490 e. The highest BCUT2D eigenvalue weighted by molar-refractivity contribution is 5.95. The Morgan fingerprint density at radius 2 is 1.62 bits per heavy atom. The van der Waals surface area contributed by atoms with Crippen LogP contribution in [0.2, 0.25) is 0 Å². The molecule has 3 N–H and O–H groups in total. The molecule has 0 amide bonds. The summed E-state index contributed by atoms with van der Waals surface area (Å²) in [7, 11) is 0. The van der Waals surface area contributed by atoms with E-state index in [1.165, 1.54) is 11.1 Å². The molecule has 4 nitrogen and oxygen atoms in total. The van der Waals surface area contributed by atoms with Crippen molar-refractivity contribution in [1.29, 1.82) is 5.41 Å². The van der Waals surface area contributed by atoms with Crippen LogP contribution in [0, 0.1) is 12.3 Å². The van der Waals surface area contributed by atoms with Crippen LogP contribution in [0.3, 0.4) is 0 Å². The molecule has 0 aliphatic rings. The highest BCUT2D eigenvalue weighted by atomic mass is 16.5. The van der Waals surface area contributed by atoms with E-state index in [1.54, 1.807) is 0 Å². The fourth-order valence-corrected chi connectivity index (χ4v) is 3.22. The van der Waals surface area contributed by atoms with E-state index in [0.717, 1.165) is 41.0 Å². The highest BCUT2D eigenvalue weighted by Crippen LogP contribution is 2.28. The molecule has 4 heteroatoms. The molecule has 0 fully saturated rings. The van der Waals surface area contributed by atoms with Crippen molar-refractivity contribution in [1.82, 2.24) is 0 Å². The Hall–Kier alpha value is -3.27.